The van der Waals surface area contributed by atoms with Crippen LogP contribution in [-0.4, -0.2) is 29.6 Å². The molecule has 2 heterocycles. The molecular weight excluding hydrogens is 269 g/mol. The molecule has 112 valence electrons. The van der Waals surface area contributed by atoms with Crippen LogP contribution in [0.1, 0.15) is 32.4 Å². The zero-order chi connectivity index (χ0) is 14.8. The van der Waals surface area contributed by atoms with Crippen molar-refractivity contribution < 1.29 is 13.2 Å². The Kier molecular flexibility index (Phi) is 4.35. The van der Waals surface area contributed by atoms with Crippen molar-refractivity contribution in [3.05, 3.63) is 11.8 Å². The topological polar surface area (TPSA) is 41.1 Å². The minimum atomic E-state index is -4.45. The fourth-order valence-electron chi connectivity index (χ4n) is 2.35. The first-order chi connectivity index (χ1) is 9.44. The van der Waals surface area contributed by atoms with Crippen LogP contribution in [0.3, 0.4) is 0 Å². The molecule has 0 bridgehead atoms. The molecule has 1 fully saturated rings. The van der Waals surface area contributed by atoms with Crippen LogP contribution in [0.4, 0.5) is 24.9 Å². The summed E-state index contributed by atoms with van der Waals surface area (Å²) >= 11 is 0. The first-order valence-corrected chi connectivity index (χ1v) is 6.89. The summed E-state index contributed by atoms with van der Waals surface area (Å²) in [7, 11) is 0. The number of alkyl halides is 3. The highest BCUT2D eigenvalue weighted by molar-refractivity contribution is 5.46. The SMILES string of the molecule is CCNc1nc(N2CCC(CC)C2)cc(C(F)(F)F)n1. The third-order valence-electron chi connectivity index (χ3n) is 3.53. The molecule has 1 aliphatic heterocycles. The van der Waals surface area contributed by atoms with Crippen LogP contribution >= 0.6 is 0 Å². The van der Waals surface area contributed by atoms with Crippen molar-refractivity contribution in [1.29, 1.82) is 0 Å². The average molecular weight is 288 g/mol. The monoisotopic (exact) mass is 288 g/mol. The first kappa shape index (κ1) is 14.9. The Bertz CT molecular complexity index is 461. The van der Waals surface area contributed by atoms with Crippen molar-refractivity contribution in [2.45, 2.75) is 32.9 Å². The van der Waals surface area contributed by atoms with Gasteiger partial charge in [-0.05, 0) is 19.3 Å². The van der Waals surface area contributed by atoms with Crippen molar-refractivity contribution in [1.82, 2.24) is 9.97 Å². The molecule has 1 unspecified atom stereocenters. The van der Waals surface area contributed by atoms with Gasteiger partial charge in [-0.25, -0.2) is 4.98 Å². The summed E-state index contributed by atoms with van der Waals surface area (Å²) in [5.74, 6) is 0.929. The van der Waals surface area contributed by atoms with Gasteiger partial charge in [0.05, 0.1) is 0 Å². The number of nitrogens with zero attached hydrogens (tertiary/aromatic N) is 3. The minimum Gasteiger partial charge on any atom is -0.356 e. The van der Waals surface area contributed by atoms with E-state index >= 15 is 0 Å². The molecule has 0 amide bonds. The molecule has 0 aromatic carbocycles. The third-order valence-corrected chi connectivity index (χ3v) is 3.53. The Labute approximate surface area is 116 Å². The largest absolute Gasteiger partial charge is 0.433 e. The van der Waals surface area contributed by atoms with E-state index in [1.807, 2.05) is 4.90 Å². The Morgan fingerprint density at radius 2 is 2.10 bits per heavy atom. The highest BCUT2D eigenvalue weighted by Crippen LogP contribution is 2.32. The van der Waals surface area contributed by atoms with Gasteiger partial charge in [0.2, 0.25) is 5.95 Å². The molecule has 1 aromatic heterocycles. The fourth-order valence-corrected chi connectivity index (χ4v) is 2.35. The van der Waals surface area contributed by atoms with Gasteiger partial charge in [-0.3, -0.25) is 0 Å². The van der Waals surface area contributed by atoms with E-state index in [2.05, 4.69) is 22.2 Å². The van der Waals surface area contributed by atoms with E-state index in [1.54, 1.807) is 6.92 Å². The van der Waals surface area contributed by atoms with Gasteiger partial charge in [0.25, 0.3) is 0 Å². The van der Waals surface area contributed by atoms with E-state index in [0.717, 1.165) is 32.0 Å². The smallest absolute Gasteiger partial charge is 0.356 e. The highest BCUT2D eigenvalue weighted by Gasteiger charge is 2.34. The molecular formula is C13H19F3N4. The van der Waals surface area contributed by atoms with Crippen LogP contribution in [0.2, 0.25) is 0 Å². The molecule has 1 saturated heterocycles. The zero-order valence-corrected chi connectivity index (χ0v) is 11.7. The summed E-state index contributed by atoms with van der Waals surface area (Å²) in [5.41, 5.74) is -0.890. The summed E-state index contributed by atoms with van der Waals surface area (Å²) in [6.07, 6.45) is -2.42. The second-order valence-corrected chi connectivity index (χ2v) is 4.97. The molecule has 4 nitrogen and oxygen atoms in total. The molecule has 1 N–H and O–H groups in total. The van der Waals surface area contributed by atoms with Crippen molar-refractivity contribution in [2.24, 2.45) is 5.92 Å². The highest BCUT2D eigenvalue weighted by atomic mass is 19.4. The maximum absolute atomic E-state index is 12.9. The number of nitrogens with one attached hydrogen (secondary N) is 1. The van der Waals surface area contributed by atoms with Crippen LogP contribution in [0.5, 0.6) is 0 Å². The molecule has 1 aromatic rings. The molecule has 0 spiro atoms. The van der Waals surface area contributed by atoms with Crippen LogP contribution in [-0.2, 0) is 6.18 Å². The van der Waals surface area contributed by atoms with E-state index in [-0.39, 0.29) is 5.95 Å². The lowest BCUT2D eigenvalue weighted by Crippen LogP contribution is -2.23. The Morgan fingerprint density at radius 3 is 2.65 bits per heavy atom. The summed E-state index contributed by atoms with van der Waals surface area (Å²) in [6.45, 7) is 5.89. The standard InChI is InChI=1S/C13H19F3N4/c1-3-9-5-6-20(8-9)11-7-10(13(14,15)16)18-12(19-11)17-4-2/h7,9H,3-6,8H2,1-2H3,(H,17,18,19). The average Bonchev–Trinajstić information content (AvgIpc) is 2.86. The zero-order valence-electron chi connectivity index (χ0n) is 11.7. The molecule has 0 aliphatic carbocycles. The first-order valence-electron chi connectivity index (χ1n) is 6.89. The normalized spacial score (nSPS) is 19.4. The van der Waals surface area contributed by atoms with Gasteiger partial charge >= 0.3 is 6.18 Å². The predicted molar refractivity (Wildman–Crippen MR) is 71.8 cm³/mol. The van der Waals surface area contributed by atoms with Gasteiger partial charge in [-0.1, -0.05) is 13.3 Å². The summed E-state index contributed by atoms with van der Waals surface area (Å²) in [4.78, 5) is 9.63. The van der Waals surface area contributed by atoms with E-state index in [0.29, 0.717) is 18.3 Å². The fraction of sp³-hybridized carbons (Fsp3) is 0.692. The number of hydrogen-bond acceptors (Lipinski definition) is 4. The molecule has 1 atom stereocenters. The maximum Gasteiger partial charge on any atom is 0.433 e. The van der Waals surface area contributed by atoms with Gasteiger partial charge in [0, 0.05) is 25.7 Å². The number of aromatic nitrogens is 2. The lowest BCUT2D eigenvalue weighted by atomic mass is 10.1. The lowest BCUT2D eigenvalue weighted by Gasteiger charge is -2.19. The molecule has 2 rings (SSSR count). The van der Waals surface area contributed by atoms with Crippen LogP contribution in [0, 0.1) is 5.92 Å². The maximum atomic E-state index is 12.9. The number of hydrogen-bond donors (Lipinski definition) is 1. The van der Waals surface area contributed by atoms with E-state index < -0.39 is 11.9 Å². The number of anilines is 2. The van der Waals surface area contributed by atoms with Crippen LogP contribution in [0.15, 0.2) is 6.07 Å². The van der Waals surface area contributed by atoms with E-state index in [4.69, 9.17) is 0 Å². The van der Waals surface area contributed by atoms with Gasteiger partial charge in [-0.2, -0.15) is 18.2 Å². The van der Waals surface area contributed by atoms with Crippen molar-refractivity contribution in [3.63, 3.8) is 0 Å². The second kappa shape index (κ2) is 5.85. The summed E-state index contributed by atoms with van der Waals surface area (Å²) < 4.78 is 38.6. The predicted octanol–water partition coefficient (Wildman–Crippen LogP) is 3.16. The van der Waals surface area contributed by atoms with Crippen LogP contribution in [0.25, 0.3) is 0 Å². The quantitative estimate of drug-likeness (QED) is 0.924. The number of halogens is 3. The van der Waals surface area contributed by atoms with Gasteiger partial charge in [0.15, 0.2) is 5.69 Å². The Balaban J connectivity index is 2.30. The number of rotatable bonds is 4. The summed E-state index contributed by atoms with van der Waals surface area (Å²) in [5, 5.41) is 2.76. The van der Waals surface area contributed by atoms with Gasteiger partial charge in [0.1, 0.15) is 5.82 Å². The molecule has 7 heteroatoms. The van der Waals surface area contributed by atoms with Gasteiger partial charge in [-0.15, -0.1) is 0 Å². The minimum absolute atomic E-state index is 0.0391. The Morgan fingerprint density at radius 1 is 1.35 bits per heavy atom. The molecule has 0 radical (unpaired) electrons. The van der Waals surface area contributed by atoms with Crippen LogP contribution < -0.4 is 10.2 Å². The third kappa shape index (κ3) is 3.32. The lowest BCUT2D eigenvalue weighted by molar-refractivity contribution is -0.141. The molecule has 20 heavy (non-hydrogen) atoms. The summed E-state index contributed by atoms with van der Waals surface area (Å²) in [6, 6.07) is 1.04. The Hall–Kier alpha value is -1.53. The molecule has 1 aliphatic rings. The molecule has 0 saturated carbocycles. The van der Waals surface area contributed by atoms with E-state index in [1.165, 1.54) is 0 Å². The van der Waals surface area contributed by atoms with Crippen molar-refractivity contribution in [3.8, 4) is 0 Å². The van der Waals surface area contributed by atoms with E-state index in [9.17, 15) is 13.2 Å². The second-order valence-electron chi connectivity index (χ2n) is 4.97. The van der Waals surface area contributed by atoms with Crippen molar-refractivity contribution >= 4 is 11.8 Å². The van der Waals surface area contributed by atoms with Crippen molar-refractivity contribution in [2.75, 3.05) is 29.9 Å². The van der Waals surface area contributed by atoms with Gasteiger partial charge < -0.3 is 10.2 Å².